The quantitative estimate of drug-likeness (QED) is 0.523. The van der Waals surface area contributed by atoms with Crippen LogP contribution in [0.25, 0.3) is 0 Å². The van der Waals surface area contributed by atoms with Crippen molar-refractivity contribution < 1.29 is 24.9 Å². The Morgan fingerprint density at radius 1 is 1.12 bits per heavy atom. The van der Waals surface area contributed by atoms with Crippen LogP contribution in [0.4, 0.5) is 0 Å². The van der Waals surface area contributed by atoms with Crippen LogP contribution >= 0.6 is 0 Å². The molecule has 3 N–H and O–H groups in total. The molecule has 0 saturated carbocycles. The Morgan fingerprint density at radius 3 is 2.35 bits per heavy atom. The first-order valence-corrected chi connectivity index (χ1v) is 8.35. The van der Waals surface area contributed by atoms with Crippen molar-refractivity contribution in [3.05, 3.63) is 64.7 Å². The lowest BCUT2D eigenvalue weighted by molar-refractivity contribution is 0.0745. The number of benzene rings is 2. The molecule has 0 fully saturated rings. The highest BCUT2D eigenvalue weighted by Crippen LogP contribution is 2.29. The summed E-state index contributed by atoms with van der Waals surface area (Å²) in [5, 5.41) is 30.3. The molecule has 5 nitrogen and oxygen atoms in total. The number of aromatic hydroxyl groups is 2. The molecule has 0 spiro atoms. The smallest absolute Gasteiger partial charge is 0.195 e. The predicted molar refractivity (Wildman–Crippen MR) is 99.9 cm³/mol. The number of allylic oxidation sites excluding steroid dienone is 2. The average Bonchev–Trinajstić information content (AvgIpc) is 2.61. The normalized spacial score (nSPS) is 11.7. The second kappa shape index (κ2) is 8.54. The fourth-order valence-electron chi connectivity index (χ4n) is 2.55. The van der Waals surface area contributed by atoms with Gasteiger partial charge in [-0.3, -0.25) is 4.79 Å². The van der Waals surface area contributed by atoms with Crippen molar-refractivity contribution in [1.29, 1.82) is 0 Å². The van der Waals surface area contributed by atoms with E-state index in [1.807, 2.05) is 19.9 Å². The molecule has 0 saturated heterocycles. The Balaban J connectivity index is 2.21. The highest BCUT2D eigenvalue weighted by Gasteiger charge is 2.22. The Kier molecular flexibility index (Phi) is 6.41. The van der Waals surface area contributed by atoms with Gasteiger partial charge in [0.25, 0.3) is 0 Å². The SMILES string of the molecule is COc1ccc(C[C@H](O)C(=O)c2cc(CC=C(C)C)c(O)cc2O)cc1. The number of hydrogen-bond acceptors (Lipinski definition) is 5. The molecule has 2 aromatic carbocycles. The predicted octanol–water partition coefficient (Wildman–Crippen LogP) is 3.40. The summed E-state index contributed by atoms with van der Waals surface area (Å²) in [6, 6.07) is 9.62. The van der Waals surface area contributed by atoms with E-state index in [0.29, 0.717) is 17.7 Å². The third-order valence-corrected chi connectivity index (χ3v) is 4.08. The van der Waals surface area contributed by atoms with Gasteiger partial charge in [-0.15, -0.1) is 0 Å². The van der Waals surface area contributed by atoms with Crippen LogP contribution in [-0.2, 0) is 12.8 Å². The fraction of sp³-hybridized carbons (Fsp3) is 0.286. The maximum Gasteiger partial charge on any atom is 0.195 e. The zero-order valence-corrected chi connectivity index (χ0v) is 15.2. The fourth-order valence-corrected chi connectivity index (χ4v) is 2.55. The van der Waals surface area contributed by atoms with Crippen LogP contribution in [0.1, 0.15) is 35.3 Å². The molecule has 0 unspecified atom stereocenters. The minimum absolute atomic E-state index is 0.000896. The summed E-state index contributed by atoms with van der Waals surface area (Å²) >= 11 is 0. The largest absolute Gasteiger partial charge is 0.508 e. The molecule has 1 atom stereocenters. The number of rotatable bonds is 7. The van der Waals surface area contributed by atoms with Gasteiger partial charge in [0, 0.05) is 12.5 Å². The summed E-state index contributed by atoms with van der Waals surface area (Å²) < 4.78 is 5.08. The highest BCUT2D eigenvalue weighted by atomic mass is 16.5. The number of Topliss-reactive ketones (excluding diaryl/α,β-unsaturated/α-hetero) is 1. The number of ketones is 1. The van der Waals surface area contributed by atoms with Crippen LogP contribution in [0.2, 0.25) is 0 Å². The van der Waals surface area contributed by atoms with E-state index in [1.165, 1.54) is 6.07 Å². The van der Waals surface area contributed by atoms with Gasteiger partial charge in [0.15, 0.2) is 5.78 Å². The van der Waals surface area contributed by atoms with Crippen LogP contribution in [0, 0.1) is 0 Å². The van der Waals surface area contributed by atoms with Gasteiger partial charge in [-0.1, -0.05) is 23.8 Å². The number of aliphatic hydroxyl groups is 1. The van der Waals surface area contributed by atoms with E-state index in [1.54, 1.807) is 31.4 Å². The molecule has 0 amide bonds. The Morgan fingerprint density at radius 2 is 1.77 bits per heavy atom. The molecule has 2 aromatic rings. The second-order valence-corrected chi connectivity index (χ2v) is 6.42. The lowest BCUT2D eigenvalue weighted by atomic mass is 9.96. The van der Waals surface area contributed by atoms with Crippen molar-refractivity contribution in [3.63, 3.8) is 0 Å². The maximum absolute atomic E-state index is 12.6. The lowest BCUT2D eigenvalue weighted by Gasteiger charge is -2.13. The van der Waals surface area contributed by atoms with Gasteiger partial charge in [-0.2, -0.15) is 0 Å². The van der Waals surface area contributed by atoms with Crippen molar-refractivity contribution >= 4 is 5.78 Å². The first-order valence-electron chi connectivity index (χ1n) is 8.35. The zero-order valence-electron chi connectivity index (χ0n) is 15.2. The molecule has 0 radical (unpaired) electrons. The van der Waals surface area contributed by atoms with Crippen molar-refractivity contribution in [2.24, 2.45) is 0 Å². The summed E-state index contributed by atoms with van der Waals surface area (Å²) in [4.78, 5) is 12.6. The van der Waals surface area contributed by atoms with Gasteiger partial charge in [-0.25, -0.2) is 0 Å². The molecular formula is C21H24O5. The Labute approximate surface area is 153 Å². The summed E-state index contributed by atoms with van der Waals surface area (Å²) in [6.07, 6.45) is 1.17. The van der Waals surface area contributed by atoms with Crippen LogP contribution in [0.5, 0.6) is 17.2 Å². The molecule has 26 heavy (non-hydrogen) atoms. The minimum Gasteiger partial charge on any atom is -0.508 e. The van der Waals surface area contributed by atoms with Crippen LogP contribution < -0.4 is 4.74 Å². The standard InChI is InChI=1S/C21H24O5/c1-13(2)4-7-15-11-17(19(23)12-18(15)22)21(25)20(24)10-14-5-8-16(26-3)9-6-14/h4-6,8-9,11-12,20,22-24H,7,10H2,1-3H3/t20-/m0/s1. The number of ether oxygens (including phenoxy) is 1. The number of methoxy groups -OCH3 is 1. The van der Waals surface area contributed by atoms with Crippen LogP contribution in [-0.4, -0.2) is 34.3 Å². The van der Waals surface area contributed by atoms with Gasteiger partial charge >= 0.3 is 0 Å². The maximum atomic E-state index is 12.6. The van der Waals surface area contributed by atoms with Gasteiger partial charge in [0.05, 0.1) is 12.7 Å². The van der Waals surface area contributed by atoms with E-state index in [4.69, 9.17) is 4.74 Å². The Bertz CT molecular complexity index is 802. The molecule has 2 rings (SSSR count). The first kappa shape index (κ1) is 19.5. The first-order chi connectivity index (χ1) is 12.3. The van der Waals surface area contributed by atoms with Crippen molar-refractivity contribution in [2.75, 3.05) is 7.11 Å². The number of carbonyl (C=O) groups is 1. The monoisotopic (exact) mass is 356 g/mol. The van der Waals surface area contributed by atoms with Crippen LogP contribution in [0.15, 0.2) is 48.0 Å². The highest BCUT2D eigenvalue weighted by molar-refractivity contribution is 6.02. The Hall–Kier alpha value is -2.79. The zero-order chi connectivity index (χ0) is 19.3. The molecule has 0 bridgehead atoms. The summed E-state index contributed by atoms with van der Waals surface area (Å²) in [7, 11) is 1.56. The van der Waals surface area contributed by atoms with Crippen molar-refractivity contribution in [1.82, 2.24) is 0 Å². The topological polar surface area (TPSA) is 87.0 Å². The molecule has 0 aliphatic heterocycles. The van der Waals surface area contributed by atoms with E-state index in [-0.39, 0.29) is 23.5 Å². The van der Waals surface area contributed by atoms with Gasteiger partial charge < -0.3 is 20.1 Å². The lowest BCUT2D eigenvalue weighted by Crippen LogP contribution is -2.23. The number of aliphatic hydroxyl groups excluding tert-OH is 1. The molecule has 5 heteroatoms. The van der Waals surface area contributed by atoms with E-state index in [2.05, 4.69) is 0 Å². The van der Waals surface area contributed by atoms with Gasteiger partial charge in [0.1, 0.15) is 23.4 Å². The number of phenols is 2. The van der Waals surface area contributed by atoms with Crippen molar-refractivity contribution in [3.8, 4) is 17.2 Å². The third-order valence-electron chi connectivity index (χ3n) is 4.08. The molecule has 0 aromatic heterocycles. The molecule has 0 heterocycles. The molecular weight excluding hydrogens is 332 g/mol. The number of hydrogen-bond donors (Lipinski definition) is 3. The second-order valence-electron chi connectivity index (χ2n) is 6.42. The van der Waals surface area contributed by atoms with E-state index < -0.39 is 11.9 Å². The number of phenolic OH excluding ortho intramolecular Hbond substituents is 2. The minimum atomic E-state index is -1.30. The average molecular weight is 356 g/mol. The van der Waals surface area contributed by atoms with Gasteiger partial charge in [-0.05, 0) is 49.6 Å². The number of carbonyl (C=O) groups excluding carboxylic acids is 1. The van der Waals surface area contributed by atoms with E-state index >= 15 is 0 Å². The third kappa shape index (κ3) is 4.86. The van der Waals surface area contributed by atoms with Gasteiger partial charge in [0.2, 0.25) is 0 Å². The summed E-state index contributed by atoms with van der Waals surface area (Å²) in [5.74, 6) is -0.324. The van der Waals surface area contributed by atoms with E-state index in [0.717, 1.165) is 17.2 Å². The molecule has 0 aliphatic rings. The molecule has 138 valence electrons. The summed E-state index contributed by atoms with van der Waals surface area (Å²) in [5.41, 5.74) is 2.37. The van der Waals surface area contributed by atoms with Crippen molar-refractivity contribution in [2.45, 2.75) is 32.8 Å². The summed E-state index contributed by atoms with van der Waals surface area (Å²) in [6.45, 7) is 3.87. The molecule has 0 aliphatic carbocycles. The van der Waals surface area contributed by atoms with Crippen LogP contribution in [0.3, 0.4) is 0 Å². The van der Waals surface area contributed by atoms with E-state index in [9.17, 15) is 20.1 Å².